The number of anilines is 2. The number of fused-ring (bicyclic) bond motifs is 1. The number of carbonyl (C=O) groups excluding carboxylic acids is 1. The quantitative estimate of drug-likeness (QED) is 0.372. The maximum absolute atomic E-state index is 14.1. The Bertz CT molecular complexity index is 1320. The van der Waals surface area contributed by atoms with E-state index >= 15 is 0 Å². The number of thiophene rings is 1. The number of benzene rings is 2. The second-order valence-electron chi connectivity index (χ2n) is 6.55. The molecule has 0 bridgehead atoms. The molecule has 3 N–H and O–H groups in total. The van der Waals surface area contributed by atoms with Crippen LogP contribution in [0.25, 0.3) is 21.5 Å². The highest BCUT2D eigenvalue weighted by atomic mass is 32.1. The summed E-state index contributed by atoms with van der Waals surface area (Å²) in [6.07, 6.45) is -4.55. The number of nitrogens with two attached hydrogens (primary N) is 1. The van der Waals surface area contributed by atoms with Crippen LogP contribution < -0.4 is 11.1 Å². The lowest BCUT2D eigenvalue weighted by Crippen LogP contribution is -2.13. The summed E-state index contributed by atoms with van der Waals surface area (Å²) in [6, 6.07) is 10.3. The monoisotopic (exact) mass is 449 g/mol. The van der Waals surface area contributed by atoms with Crippen LogP contribution in [0.4, 0.5) is 33.3 Å². The van der Waals surface area contributed by atoms with Crippen LogP contribution in [0.15, 0.2) is 54.6 Å². The van der Waals surface area contributed by atoms with E-state index in [1.165, 1.54) is 24.3 Å². The zero-order valence-electron chi connectivity index (χ0n) is 15.4. The number of alkyl halides is 3. The van der Waals surface area contributed by atoms with Gasteiger partial charge in [-0.2, -0.15) is 13.2 Å². The molecule has 0 aliphatic rings. The average molecular weight is 449 g/mol. The molecule has 0 fully saturated rings. The number of aromatic nitrogens is 1. The van der Waals surface area contributed by atoms with Gasteiger partial charge in [-0.3, -0.25) is 4.79 Å². The fourth-order valence-electron chi connectivity index (χ4n) is 2.97. The van der Waals surface area contributed by atoms with Gasteiger partial charge in [-0.15, -0.1) is 11.3 Å². The Morgan fingerprint density at radius 2 is 1.81 bits per heavy atom. The summed E-state index contributed by atoms with van der Waals surface area (Å²) in [7, 11) is 0. The molecule has 0 atom stereocenters. The van der Waals surface area contributed by atoms with E-state index < -0.39 is 29.3 Å². The van der Waals surface area contributed by atoms with Crippen LogP contribution in [-0.4, -0.2) is 10.9 Å². The minimum absolute atomic E-state index is 0.0429. The summed E-state index contributed by atoms with van der Waals surface area (Å²) in [6.45, 7) is 0. The van der Waals surface area contributed by atoms with Gasteiger partial charge < -0.3 is 11.1 Å². The van der Waals surface area contributed by atoms with Crippen LogP contribution >= 0.6 is 11.3 Å². The molecule has 0 saturated carbocycles. The smallest absolute Gasteiger partial charge is 0.397 e. The number of nitrogens with one attached hydrogen (secondary N) is 1. The van der Waals surface area contributed by atoms with Gasteiger partial charge in [0.25, 0.3) is 5.91 Å². The lowest BCUT2D eigenvalue weighted by molar-refractivity contribution is -0.137. The fraction of sp³-hybridized carbons (Fsp3) is 0.0476. The molecule has 0 aliphatic heterocycles. The zero-order chi connectivity index (χ0) is 22.3. The highest BCUT2D eigenvalue weighted by Gasteiger charge is 2.30. The largest absolute Gasteiger partial charge is 0.416 e. The van der Waals surface area contributed by atoms with Crippen molar-refractivity contribution < 1.29 is 26.7 Å². The summed E-state index contributed by atoms with van der Waals surface area (Å²) in [5.74, 6) is -2.22. The molecular formula is C21H12F5N3OS. The van der Waals surface area contributed by atoms with Gasteiger partial charge in [0.1, 0.15) is 21.3 Å². The van der Waals surface area contributed by atoms with E-state index in [0.717, 1.165) is 35.6 Å². The van der Waals surface area contributed by atoms with Crippen LogP contribution in [0.5, 0.6) is 0 Å². The summed E-state index contributed by atoms with van der Waals surface area (Å²) >= 11 is 0.912. The molecule has 4 nitrogen and oxygen atoms in total. The van der Waals surface area contributed by atoms with Gasteiger partial charge >= 0.3 is 6.18 Å². The molecule has 4 rings (SSSR count). The Hall–Kier alpha value is -3.53. The van der Waals surface area contributed by atoms with Crippen molar-refractivity contribution in [3.8, 4) is 11.3 Å². The van der Waals surface area contributed by atoms with Gasteiger partial charge in [0, 0.05) is 22.7 Å². The van der Waals surface area contributed by atoms with Crippen molar-refractivity contribution in [2.45, 2.75) is 6.18 Å². The summed E-state index contributed by atoms with van der Waals surface area (Å²) < 4.78 is 65.8. The Kier molecular flexibility index (Phi) is 5.10. The molecule has 0 saturated heterocycles. The molecule has 158 valence electrons. The predicted octanol–water partition coefficient (Wildman–Crippen LogP) is 6.09. The minimum Gasteiger partial charge on any atom is -0.397 e. The Balaban J connectivity index is 1.67. The Morgan fingerprint density at radius 1 is 1.03 bits per heavy atom. The minimum atomic E-state index is -4.55. The summed E-state index contributed by atoms with van der Waals surface area (Å²) in [5, 5.41) is 2.83. The molecule has 4 aromatic rings. The Morgan fingerprint density at radius 3 is 2.52 bits per heavy atom. The van der Waals surface area contributed by atoms with Crippen LogP contribution in [0, 0.1) is 11.6 Å². The van der Waals surface area contributed by atoms with Gasteiger partial charge in [0.2, 0.25) is 0 Å². The molecule has 0 unspecified atom stereocenters. The van der Waals surface area contributed by atoms with Gasteiger partial charge in [-0.25, -0.2) is 13.8 Å². The average Bonchev–Trinajstić information content (AvgIpc) is 3.04. The first kappa shape index (κ1) is 20.7. The van der Waals surface area contributed by atoms with Crippen molar-refractivity contribution in [1.29, 1.82) is 0 Å². The van der Waals surface area contributed by atoms with Crippen molar-refractivity contribution in [1.82, 2.24) is 4.98 Å². The number of nitrogens with zero attached hydrogens (tertiary/aromatic N) is 1. The number of hydrogen-bond acceptors (Lipinski definition) is 4. The first-order chi connectivity index (χ1) is 14.6. The second kappa shape index (κ2) is 7.62. The number of rotatable bonds is 3. The van der Waals surface area contributed by atoms with E-state index in [9.17, 15) is 26.7 Å². The molecule has 2 aromatic carbocycles. The van der Waals surface area contributed by atoms with E-state index in [-0.39, 0.29) is 27.5 Å². The summed E-state index contributed by atoms with van der Waals surface area (Å²) in [5.41, 5.74) is 5.49. The van der Waals surface area contributed by atoms with E-state index in [2.05, 4.69) is 10.3 Å². The number of hydrogen-bond donors (Lipinski definition) is 2. The van der Waals surface area contributed by atoms with Gasteiger partial charge in [-0.1, -0.05) is 6.07 Å². The number of pyridine rings is 1. The van der Waals surface area contributed by atoms with E-state index in [1.807, 2.05) is 0 Å². The van der Waals surface area contributed by atoms with Gasteiger partial charge in [0.15, 0.2) is 0 Å². The SMILES string of the molecule is Nc1c(C(=O)Nc2cccc(C(F)(F)F)c2)sc2nc(-c3ccc(F)cc3F)ccc12. The lowest BCUT2D eigenvalue weighted by atomic mass is 10.1. The lowest BCUT2D eigenvalue weighted by Gasteiger charge is -2.09. The normalized spacial score (nSPS) is 11.6. The highest BCUT2D eigenvalue weighted by molar-refractivity contribution is 7.21. The highest BCUT2D eigenvalue weighted by Crippen LogP contribution is 2.36. The van der Waals surface area contributed by atoms with E-state index in [0.29, 0.717) is 10.2 Å². The molecule has 0 spiro atoms. The Labute approximate surface area is 176 Å². The van der Waals surface area contributed by atoms with Crippen LogP contribution in [0.1, 0.15) is 15.2 Å². The predicted molar refractivity (Wildman–Crippen MR) is 109 cm³/mol. The third-order valence-corrected chi connectivity index (χ3v) is 5.57. The first-order valence-corrected chi connectivity index (χ1v) is 9.58. The van der Waals surface area contributed by atoms with Gasteiger partial charge in [-0.05, 0) is 42.5 Å². The number of halogens is 5. The second-order valence-corrected chi connectivity index (χ2v) is 7.55. The molecule has 2 aromatic heterocycles. The van der Waals surface area contributed by atoms with Crippen molar-refractivity contribution in [2.24, 2.45) is 0 Å². The van der Waals surface area contributed by atoms with Crippen molar-refractivity contribution in [3.63, 3.8) is 0 Å². The van der Waals surface area contributed by atoms with Gasteiger partial charge in [0.05, 0.1) is 16.9 Å². The maximum atomic E-state index is 14.1. The van der Waals surface area contributed by atoms with Crippen LogP contribution in [0.3, 0.4) is 0 Å². The van der Waals surface area contributed by atoms with E-state index in [1.54, 1.807) is 6.07 Å². The number of nitrogen functional groups attached to an aromatic ring is 1. The molecule has 10 heteroatoms. The molecule has 0 aliphatic carbocycles. The third kappa shape index (κ3) is 4.06. The third-order valence-electron chi connectivity index (χ3n) is 4.45. The molecular weight excluding hydrogens is 437 g/mol. The number of carbonyl (C=O) groups is 1. The van der Waals surface area contributed by atoms with Crippen molar-refractivity contribution in [2.75, 3.05) is 11.1 Å². The standard InChI is InChI=1S/C21H12F5N3OS/c22-11-4-5-13(15(23)9-11)16-7-6-14-17(27)18(31-20(14)29-16)19(30)28-12-3-1-2-10(8-12)21(24,25)26/h1-9H,27H2,(H,28,30). The molecule has 0 radical (unpaired) electrons. The first-order valence-electron chi connectivity index (χ1n) is 8.76. The number of amides is 1. The molecule has 31 heavy (non-hydrogen) atoms. The molecule has 2 heterocycles. The topological polar surface area (TPSA) is 68.0 Å². The fourth-order valence-corrected chi connectivity index (χ4v) is 3.96. The zero-order valence-corrected chi connectivity index (χ0v) is 16.2. The van der Waals surface area contributed by atoms with Crippen LogP contribution in [-0.2, 0) is 6.18 Å². The molecule has 1 amide bonds. The van der Waals surface area contributed by atoms with Crippen molar-refractivity contribution >= 4 is 38.8 Å². The maximum Gasteiger partial charge on any atom is 0.416 e. The van der Waals surface area contributed by atoms with Crippen LogP contribution in [0.2, 0.25) is 0 Å². The summed E-state index contributed by atoms with van der Waals surface area (Å²) in [4.78, 5) is 17.3. The van der Waals surface area contributed by atoms with E-state index in [4.69, 9.17) is 5.73 Å². The van der Waals surface area contributed by atoms with Crippen molar-refractivity contribution in [3.05, 3.63) is 76.7 Å².